The van der Waals surface area contributed by atoms with E-state index in [-0.39, 0.29) is 29.5 Å². The fourth-order valence-corrected chi connectivity index (χ4v) is 8.12. The first-order valence-corrected chi connectivity index (χ1v) is 11.7. The number of hydrogen-bond acceptors (Lipinski definition) is 3. The minimum absolute atomic E-state index is 0.0265. The standard InChI is InChI=1S/C26H34O4/c1-5-6-7-8-9-22(28)25-14-19-17(4)10-11-20(19)24(15-27)13-18(25)12-21(16(2)3)26(24,25)23(29)30/h12,15-20H,5-7,10-11,13-14H2,1-4H3,(H,29,30)/t17-,18?,19-,20-,24?,25?,26+/m1/s1. The van der Waals surface area contributed by atoms with Gasteiger partial charge in [0, 0.05) is 6.42 Å². The molecule has 0 aromatic rings. The van der Waals surface area contributed by atoms with Crippen molar-refractivity contribution in [2.24, 2.45) is 45.8 Å². The van der Waals surface area contributed by atoms with Crippen LogP contribution in [-0.2, 0) is 14.4 Å². The maximum Gasteiger partial charge on any atom is 0.315 e. The third kappa shape index (κ3) is 2.22. The van der Waals surface area contributed by atoms with Crippen LogP contribution in [0.5, 0.6) is 0 Å². The van der Waals surface area contributed by atoms with Gasteiger partial charge in [-0.2, -0.15) is 0 Å². The summed E-state index contributed by atoms with van der Waals surface area (Å²) in [6.45, 7) is 8.26. The SMILES string of the molecule is CCCCC#CC(=O)C12C[C@@H]3[C@H](C)CC[C@H]3C3(C=O)CC1C=C(C(C)C)[C@@]23C(=O)O. The van der Waals surface area contributed by atoms with Crippen molar-refractivity contribution < 1.29 is 19.5 Å². The zero-order chi connectivity index (χ0) is 21.9. The zero-order valence-corrected chi connectivity index (χ0v) is 18.7. The Morgan fingerprint density at radius 1 is 1.30 bits per heavy atom. The highest BCUT2D eigenvalue weighted by Crippen LogP contribution is 2.82. The molecule has 0 aliphatic heterocycles. The van der Waals surface area contributed by atoms with E-state index < -0.39 is 22.2 Å². The number of unbranched alkanes of at least 4 members (excludes halogenated alkanes) is 2. The molecule has 1 N–H and O–H groups in total. The Morgan fingerprint density at radius 3 is 2.63 bits per heavy atom. The topological polar surface area (TPSA) is 71.4 Å². The van der Waals surface area contributed by atoms with Crippen molar-refractivity contribution in [2.75, 3.05) is 0 Å². The van der Waals surface area contributed by atoms with Crippen LogP contribution in [0.2, 0.25) is 0 Å². The number of carbonyl (C=O) groups excluding carboxylic acids is 2. The van der Waals surface area contributed by atoms with Crippen molar-refractivity contribution in [3.8, 4) is 11.8 Å². The fourth-order valence-electron chi connectivity index (χ4n) is 8.12. The fraction of sp³-hybridized carbons (Fsp3) is 0.731. The Morgan fingerprint density at radius 2 is 2.03 bits per heavy atom. The lowest BCUT2D eigenvalue weighted by Crippen LogP contribution is -2.64. The lowest BCUT2D eigenvalue weighted by atomic mass is 9.42. The summed E-state index contributed by atoms with van der Waals surface area (Å²) in [5.74, 6) is 5.11. The molecule has 4 aliphatic carbocycles. The van der Waals surface area contributed by atoms with E-state index in [1.807, 2.05) is 13.8 Å². The minimum Gasteiger partial charge on any atom is -0.481 e. The first kappa shape index (κ1) is 21.3. The van der Waals surface area contributed by atoms with Gasteiger partial charge in [0.25, 0.3) is 0 Å². The number of fused-ring (bicyclic) bond motifs is 2. The molecule has 162 valence electrons. The summed E-state index contributed by atoms with van der Waals surface area (Å²) in [6.07, 6.45) is 8.50. The Kier molecular flexibility index (Phi) is 5.03. The van der Waals surface area contributed by atoms with E-state index in [1.54, 1.807) is 0 Å². The number of allylic oxidation sites excluding steroid dienone is 1. The van der Waals surface area contributed by atoms with E-state index in [1.165, 1.54) is 0 Å². The molecule has 0 aromatic carbocycles. The molecule has 0 spiro atoms. The van der Waals surface area contributed by atoms with Gasteiger partial charge in [-0.05, 0) is 61.2 Å². The van der Waals surface area contributed by atoms with Crippen molar-refractivity contribution in [1.29, 1.82) is 0 Å². The maximum atomic E-state index is 13.8. The number of carboxylic acids is 1. The average Bonchev–Trinajstić information content (AvgIpc) is 3.28. The van der Waals surface area contributed by atoms with Crippen LogP contribution in [0.3, 0.4) is 0 Å². The van der Waals surface area contributed by atoms with Crippen LogP contribution >= 0.6 is 0 Å². The number of aldehydes is 1. The van der Waals surface area contributed by atoms with E-state index >= 15 is 0 Å². The maximum absolute atomic E-state index is 13.8. The number of ketones is 1. The van der Waals surface area contributed by atoms with Crippen molar-refractivity contribution >= 4 is 18.0 Å². The van der Waals surface area contributed by atoms with Gasteiger partial charge >= 0.3 is 5.97 Å². The second kappa shape index (κ2) is 7.08. The Bertz CT molecular complexity index is 873. The average molecular weight is 411 g/mol. The Hall–Kier alpha value is -1.89. The first-order valence-electron chi connectivity index (χ1n) is 11.7. The van der Waals surface area contributed by atoms with Crippen LogP contribution < -0.4 is 0 Å². The van der Waals surface area contributed by atoms with Crippen molar-refractivity contribution in [3.63, 3.8) is 0 Å². The molecule has 3 unspecified atom stereocenters. The normalized spacial score (nSPS) is 43.0. The predicted molar refractivity (Wildman–Crippen MR) is 114 cm³/mol. The summed E-state index contributed by atoms with van der Waals surface area (Å²) in [7, 11) is 0. The van der Waals surface area contributed by atoms with Crippen molar-refractivity contribution in [1.82, 2.24) is 0 Å². The van der Waals surface area contributed by atoms with Crippen LogP contribution in [-0.4, -0.2) is 23.1 Å². The summed E-state index contributed by atoms with van der Waals surface area (Å²) in [5.41, 5.74) is -2.74. The highest BCUT2D eigenvalue weighted by Gasteiger charge is 2.86. The van der Waals surface area contributed by atoms with E-state index in [0.29, 0.717) is 25.2 Å². The lowest BCUT2D eigenvalue weighted by molar-refractivity contribution is -0.181. The monoisotopic (exact) mass is 410 g/mol. The van der Waals surface area contributed by atoms with Gasteiger partial charge in [0.2, 0.25) is 5.78 Å². The number of Topliss-reactive ketones (excluding diaryl/α,β-unsaturated/α-hetero) is 1. The molecule has 4 heteroatoms. The van der Waals surface area contributed by atoms with E-state index in [4.69, 9.17) is 0 Å². The van der Waals surface area contributed by atoms with Crippen LogP contribution in [0.4, 0.5) is 0 Å². The molecular weight excluding hydrogens is 376 g/mol. The molecule has 4 nitrogen and oxygen atoms in total. The van der Waals surface area contributed by atoms with Crippen molar-refractivity contribution in [2.45, 2.75) is 72.6 Å². The first-order chi connectivity index (χ1) is 14.2. The summed E-state index contributed by atoms with van der Waals surface area (Å²) in [6, 6.07) is 0. The number of aliphatic carboxylic acids is 1. The molecule has 4 bridgehead atoms. The summed E-state index contributed by atoms with van der Waals surface area (Å²) in [5, 5.41) is 10.8. The molecule has 7 atom stereocenters. The largest absolute Gasteiger partial charge is 0.481 e. The highest BCUT2D eigenvalue weighted by atomic mass is 16.4. The summed E-state index contributed by atoms with van der Waals surface area (Å²) < 4.78 is 0. The van der Waals surface area contributed by atoms with Gasteiger partial charge in [-0.3, -0.25) is 9.59 Å². The van der Waals surface area contributed by atoms with Gasteiger partial charge < -0.3 is 9.90 Å². The Balaban J connectivity index is 1.96. The molecule has 0 amide bonds. The number of carboxylic acid groups (broad SMARTS) is 1. The quantitative estimate of drug-likeness (QED) is 0.227. The molecule has 3 saturated carbocycles. The van der Waals surface area contributed by atoms with E-state index in [0.717, 1.165) is 37.5 Å². The van der Waals surface area contributed by atoms with Crippen LogP contribution in [0, 0.1) is 57.7 Å². The lowest BCUT2D eigenvalue weighted by Gasteiger charge is -2.57. The van der Waals surface area contributed by atoms with Gasteiger partial charge in [-0.25, -0.2) is 0 Å². The molecule has 0 aromatic heterocycles. The number of carbonyl (C=O) groups is 3. The second-order valence-corrected chi connectivity index (χ2v) is 10.5. The Labute approximate surface area is 179 Å². The molecule has 30 heavy (non-hydrogen) atoms. The summed E-state index contributed by atoms with van der Waals surface area (Å²) in [4.78, 5) is 40.0. The third-order valence-corrected chi connectivity index (χ3v) is 9.19. The van der Waals surface area contributed by atoms with Crippen LogP contribution in [0.15, 0.2) is 11.6 Å². The second-order valence-electron chi connectivity index (χ2n) is 10.5. The molecule has 0 saturated heterocycles. The molecule has 0 radical (unpaired) electrons. The minimum atomic E-state index is -1.44. The molecule has 0 heterocycles. The van der Waals surface area contributed by atoms with E-state index in [2.05, 4.69) is 31.8 Å². The van der Waals surface area contributed by atoms with Gasteiger partial charge in [-0.1, -0.05) is 58.1 Å². The summed E-state index contributed by atoms with van der Waals surface area (Å²) >= 11 is 0. The van der Waals surface area contributed by atoms with Crippen molar-refractivity contribution in [3.05, 3.63) is 11.6 Å². The smallest absolute Gasteiger partial charge is 0.315 e. The van der Waals surface area contributed by atoms with Gasteiger partial charge in [-0.15, -0.1) is 0 Å². The highest BCUT2D eigenvalue weighted by molar-refractivity contribution is 6.08. The van der Waals surface area contributed by atoms with Crippen LogP contribution in [0.25, 0.3) is 0 Å². The molecule has 4 aliphatic rings. The third-order valence-electron chi connectivity index (χ3n) is 9.19. The molecule has 4 rings (SSSR count). The van der Waals surface area contributed by atoms with Gasteiger partial charge in [0.05, 0.1) is 10.8 Å². The molecule has 3 fully saturated rings. The van der Waals surface area contributed by atoms with E-state index in [9.17, 15) is 19.5 Å². The van der Waals surface area contributed by atoms with Crippen LogP contribution in [0.1, 0.15) is 72.6 Å². The zero-order valence-electron chi connectivity index (χ0n) is 18.7. The van der Waals surface area contributed by atoms with Gasteiger partial charge in [0.15, 0.2) is 0 Å². The molecular formula is C26H34O4. The predicted octanol–water partition coefficient (Wildman–Crippen LogP) is 4.67. The van der Waals surface area contributed by atoms with Gasteiger partial charge in [0.1, 0.15) is 11.7 Å². The number of rotatable bonds is 6. The number of hydrogen-bond donors (Lipinski definition) is 1.